The Morgan fingerprint density at radius 3 is 2.45 bits per heavy atom. The lowest BCUT2D eigenvalue weighted by Gasteiger charge is -2.34. The van der Waals surface area contributed by atoms with E-state index in [1.807, 2.05) is 23.1 Å². The molecule has 0 aromatic heterocycles. The molecule has 1 fully saturated rings. The minimum atomic E-state index is -4.31. The molecule has 3 aromatic carbocycles. The van der Waals surface area contributed by atoms with Gasteiger partial charge in [-0.2, -0.15) is 13.2 Å². The van der Waals surface area contributed by atoms with Crippen molar-refractivity contribution in [2.24, 2.45) is 0 Å². The second kappa shape index (κ2) is 7.95. The van der Waals surface area contributed by atoms with Crippen LogP contribution in [0, 0.1) is 0 Å². The summed E-state index contributed by atoms with van der Waals surface area (Å²) < 4.78 is 44.6. The average Bonchev–Trinajstić information content (AvgIpc) is 2.74. The number of hydrogen-bond donors (Lipinski definition) is 1. The molecule has 3 aromatic rings. The first-order chi connectivity index (χ1) is 14.0. The summed E-state index contributed by atoms with van der Waals surface area (Å²) >= 11 is 0. The Kier molecular flexibility index (Phi) is 5.37. The molecular formula is C23H24F3N2O+. The number of nitrogens with one attached hydrogen (secondary N) is 1. The van der Waals surface area contributed by atoms with Crippen LogP contribution < -0.4 is 14.5 Å². The summed E-state index contributed by atoms with van der Waals surface area (Å²) in [6.07, 6.45) is -4.31. The van der Waals surface area contributed by atoms with E-state index in [9.17, 15) is 13.2 Å². The molecule has 1 aliphatic rings. The number of hydrogen-bond acceptors (Lipinski definition) is 2. The highest BCUT2D eigenvalue weighted by molar-refractivity contribution is 5.87. The number of rotatable bonds is 4. The summed E-state index contributed by atoms with van der Waals surface area (Å²) in [5, 5.41) is 2.38. The zero-order valence-corrected chi connectivity index (χ0v) is 16.3. The van der Waals surface area contributed by atoms with Crippen LogP contribution >= 0.6 is 0 Å². The Balaban J connectivity index is 1.48. The Morgan fingerprint density at radius 1 is 0.966 bits per heavy atom. The first-order valence-corrected chi connectivity index (χ1v) is 9.76. The molecule has 4 rings (SSSR count). The molecule has 0 radical (unpaired) electrons. The van der Waals surface area contributed by atoms with Crippen LogP contribution in [0.2, 0.25) is 0 Å². The number of ether oxygens (including phenoxy) is 1. The summed E-state index contributed by atoms with van der Waals surface area (Å²) in [5.74, 6) is 0.886. The van der Waals surface area contributed by atoms with Gasteiger partial charge in [-0.3, -0.25) is 0 Å². The Morgan fingerprint density at radius 2 is 1.72 bits per heavy atom. The van der Waals surface area contributed by atoms with Crippen molar-refractivity contribution >= 4 is 16.5 Å². The largest absolute Gasteiger partial charge is 0.496 e. The van der Waals surface area contributed by atoms with Gasteiger partial charge in [0.25, 0.3) is 0 Å². The van der Waals surface area contributed by atoms with E-state index in [4.69, 9.17) is 4.74 Å². The topological polar surface area (TPSA) is 16.9 Å². The number of nitrogens with zero attached hydrogens (tertiary/aromatic N) is 1. The monoisotopic (exact) mass is 401 g/mol. The zero-order chi connectivity index (χ0) is 20.4. The van der Waals surface area contributed by atoms with Gasteiger partial charge < -0.3 is 14.5 Å². The maximum absolute atomic E-state index is 13.0. The van der Waals surface area contributed by atoms with E-state index < -0.39 is 11.7 Å². The van der Waals surface area contributed by atoms with E-state index in [1.165, 1.54) is 33.4 Å². The summed E-state index contributed by atoms with van der Waals surface area (Å²) in [5.41, 5.74) is 1.24. The van der Waals surface area contributed by atoms with E-state index in [0.717, 1.165) is 44.5 Å². The van der Waals surface area contributed by atoms with Crippen molar-refractivity contribution in [1.82, 2.24) is 0 Å². The lowest BCUT2D eigenvalue weighted by atomic mass is 10.0. The smallest absolute Gasteiger partial charge is 0.416 e. The molecule has 1 heterocycles. The van der Waals surface area contributed by atoms with Gasteiger partial charge in [0.15, 0.2) is 0 Å². The Labute approximate surface area is 168 Å². The summed E-state index contributed by atoms with van der Waals surface area (Å²) in [6.45, 7) is 4.01. The van der Waals surface area contributed by atoms with Crippen molar-refractivity contribution < 1.29 is 22.8 Å². The first kappa shape index (κ1) is 19.6. The fourth-order valence-corrected chi connectivity index (χ4v) is 4.08. The molecule has 0 unspecified atom stereocenters. The van der Waals surface area contributed by atoms with Crippen LogP contribution in [-0.4, -0.2) is 33.3 Å². The van der Waals surface area contributed by atoms with Crippen LogP contribution in [0.3, 0.4) is 0 Å². The molecule has 1 saturated heterocycles. The molecule has 0 aliphatic carbocycles. The molecule has 0 bridgehead atoms. The molecule has 6 heteroatoms. The molecule has 1 aliphatic heterocycles. The van der Waals surface area contributed by atoms with Crippen LogP contribution in [0.5, 0.6) is 5.75 Å². The highest BCUT2D eigenvalue weighted by Gasteiger charge is 2.31. The van der Waals surface area contributed by atoms with Crippen LogP contribution in [0.4, 0.5) is 18.9 Å². The number of methoxy groups -OCH3 is 1. The highest BCUT2D eigenvalue weighted by atomic mass is 19.4. The van der Waals surface area contributed by atoms with E-state index in [2.05, 4.69) is 18.2 Å². The molecule has 0 spiro atoms. The van der Waals surface area contributed by atoms with Crippen molar-refractivity contribution in [3.63, 3.8) is 0 Å². The van der Waals surface area contributed by atoms with Gasteiger partial charge >= 0.3 is 6.18 Å². The van der Waals surface area contributed by atoms with Gasteiger partial charge in [-0.05, 0) is 35.0 Å². The molecule has 29 heavy (non-hydrogen) atoms. The number of quaternary nitrogens is 1. The van der Waals surface area contributed by atoms with Gasteiger partial charge in [0, 0.05) is 5.69 Å². The van der Waals surface area contributed by atoms with Crippen molar-refractivity contribution in [1.29, 1.82) is 0 Å². The molecule has 152 valence electrons. The number of piperazine rings is 1. The Hall–Kier alpha value is -2.73. The minimum absolute atomic E-state index is 0.592. The summed E-state index contributed by atoms with van der Waals surface area (Å²) in [7, 11) is 1.69. The molecule has 3 nitrogen and oxygen atoms in total. The zero-order valence-electron chi connectivity index (χ0n) is 16.3. The van der Waals surface area contributed by atoms with Gasteiger partial charge in [0.2, 0.25) is 0 Å². The number of benzene rings is 3. The fraction of sp³-hybridized carbons (Fsp3) is 0.304. The van der Waals surface area contributed by atoms with E-state index in [1.54, 1.807) is 13.2 Å². The van der Waals surface area contributed by atoms with E-state index in [0.29, 0.717) is 5.69 Å². The standard InChI is InChI=1S/C23H23F3N2O/c1-29-22-10-9-17-5-2-3-8-20(17)21(22)16-27-11-13-28(14-12-27)19-7-4-6-18(15-19)23(24,25)26/h2-10,15H,11-14,16H2,1H3/p+1. The van der Waals surface area contributed by atoms with Crippen molar-refractivity contribution in [3.05, 3.63) is 71.8 Å². The fourth-order valence-electron chi connectivity index (χ4n) is 4.08. The number of fused-ring (bicyclic) bond motifs is 1. The SMILES string of the molecule is COc1ccc2ccccc2c1C[NH+]1CCN(c2cccc(C(F)(F)F)c2)CC1. The third kappa shape index (κ3) is 4.17. The normalized spacial score (nSPS) is 15.7. The second-order valence-corrected chi connectivity index (χ2v) is 7.43. The number of anilines is 1. The second-order valence-electron chi connectivity index (χ2n) is 7.43. The predicted molar refractivity (Wildman–Crippen MR) is 109 cm³/mol. The number of alkyl halides is 3. The van der Waals surface area contributed by atoms with Crippen molar-refractivity contribution in [2.75, 3.05) is 38.2 Å². The van der Waals surface area contributed by atoms with Crippen LogP contribution in [-0.2, 0) is 12.7 Å². The molecule has 0 amide bonds. The maximum Gasteiger partial charge on any atom is 0.416 e. The van der Waals surface area contributed by atoms with Crippen LogP contribution in [0.25, 0.3) is 10.8 Å². The van der Waals surface area contributed by atoms with Gasteiger partial charge in [0.05, 0.1) is 44.4 Å². The predicted octanol–water partition coefficient (Wildman–Crippen LogP) is 3.77. The Bertz CT molecular complexity index is 995. The quantitative estimate of drug-likeness (QED) is 0.717. The lowest BCUT2D eigenvalue weighted by molar-refractivity contribution is -0.914. The third-order valence-corrected chi connectivity index (χ3v) is 5.65. The van der Waals surface area contributed by atoms with Gasteiger partial charge in [-0.15, -0.1) is 0 Å². The highest BCUT2D eigenvalue weighted by Crippen LogP contribution is 2.32. The van der Waals surface area contributed by atoms with Crippen LogP contribution in [0.15, 0.2) is 60.7 Å². The molecule has 0 saturated carbocycles. The van der Waals surface area contributed by atoms with Crippen molar-refractivity contribution in [3.8, 4) is 5.75 Å². The molecule has 0 atom stereocenters. The lowest BCUT2D eigenvalue weighted by Crippen LogP contribution is -3.13. The van der Waals surface area contributed by atoms with Crippen molar-refractivity contribution in [2.45, 2.75) is 12.7 Å². The maximum atomic E-state index is 13.0. The van der Waals surface area contributed by atoms with Gasteiger partial charge in [-0.25, -0.2) is 0 Å². The summed E-state index contributed by atoms with van der Waals surface area (Å²) in [6, 6.07) is 18.0. The van der Waals surface area contributed by atoms with Crippen LogP contribution in [0.1, 0.15) is 11.1 Å². The summed E-state index contributed by atoms with van der Waals surface area (Å²) in [4.78, 5) is 3.45. The van der Waals surface area contributed by atoms with Gasteiger partial charge in [0.1, 0.15) is 12.3 Å². The molecule has 1 N–H and O–H groups in total. The number of halogens is 3. The minimum Gasteiger partial charge on any atom is -0.496 e. The van der Waals surface area contributed by atoms with E-state index >= 15 is 0 Å². The third-order valence-electron chi connectivity index (χ3n) is 5.65. The van der Waals surface area contributed by atoms with E-state index in [-0.39, 0.29) is 0 Å². The molecular weight excluding hydrogens is 377 g/mol. The first-order valence-electron chi connectivity index (χ1n) is 9.76. The van der Waals surface area contributed by atoms with Gasteiger partial charge in [-0.1, -0.05) is 36.4 Å². The average molecular weight is 401 g/mol.